The number of carbonyl (C=O) groups is 1. The van der Waals surface area contributed by atoms with E-state index in [1.807, 2.05) is 53.9 Å². The molecular formula is C20H25N2OS2+. The molecule has 0 unspecified atom stereocenters. The molecule has 1 heterocycles. The quantitative estimate of drug-likeness (QED) is 0.817. The third-order valence-electron chi connectivity index (χ3n) is 4.43. The maximum Gasteiger partial charge on any atom is 0.251 e. The summed E-state index contributed by atoms with van der Waals surface area (Å²) in [6.45, 7) is 0.626. The maximum absolute atomic E-state index is 12.5. The van der Waals surface area contributed by atoms with Gasteiger partial charge in [-0.05, 0) is 17.7 Å². The van der Waals surface area contributed by atoms with E-state index in [1.165, 1.54) is 27.5 Å². The first kappa shape index (κ1) is 18.4. The van der Waals surface area contributed by atoms with Crippen LogP contribution in [0.1, 0.15) is 32.1 Å². The molecule has 1 amide bonds. The summed E-state index contributed by atoms with van der Waals surface area (Å²) in [5, 5.41) is 3.10. The Morgan fingerprint density at radius 2 is 1.72 bits per heavy atom. The number of rotatable bonds is 6. The second-order valence-corrected chi connectivity index (χ2v) is 9.17. The van der Waals surface area contributed by atoms with Crippen molar-refractivity contribution < 1.29 is 9.69 Å². The zero-order valence-electron chi connectivity index (χ0n) is 14.7. The van der Waals surface area contributed by atoms with Gasteiger partial charge >= 0.3 is 0 Å². The molecule has 132 valence electrons. The summed E-state index contributed by atoms with van der Waals surface area (Å²) < 4.78 is 0.525. The average Bonchev–Trinajstić information content (AvgIpc) is 3.17. The van der Waals surface area contributed by atoms with Crippen LogP contribution < -0.4 is 10.2 Å². The average molecular weight is 374 g/mol. The van der Waals surface area contributed by atoms with Crippen LogP contribution in [0, 0.1) is 0 Å². The van der Waals surface area contributed by atoms with E-state index < -0.39 is 0 Å². The number of benzene rings is 2. The molecule has 1 atom stereocenters. The highest BCUT2D eigenvalue weighted by atomic mass is 32.2. The summed E-state index contributed by atoms with van der Waals surface area (Å²) in [5.41, 5.74) is 3.29. The van der Waals surface area contributed by atoms with Crippen molar-refractivity contribution in [3.05, 3.63) is 71.3 Å². The SMILES string of the molecule is C[NH+](C)[C@@H](CNC(=O)c1ccc(C2SCCS2)cc1)c1ccccc1. The lowest BCUT2D eigenvalue weighted by molar-refractivity contribution is -0.890. The summed E-state index contributed by atoms with van der Waals surface area (Å²) >= 11 is 3.97. The number of amides is 1. The fourth-order valence-corrected chi connectivity index (χ4v) is 5.84. The van der Waals surface area contributed by atoms with E-state index in [0.717, 1.165) is 5.56 Å². The molecular weight excluding hydrogens is 348 g/mol. The monoisotopic (exact) mass is 373 g/mol. The number of likely N-dealkylation sites (N-methyl/N-ethyl adjacent to an activating group) is 1. The van der Waals surface area contributed by atoms with E-state index in [9.17, 15) is 4.79 Å². The second kappa shape index (κ2) is 8.79. The molecule has 2 N–H and O–H groups in total. The van der Waals surface area contributed by atoms with Gasteiger partial charge in [0.1, 0.15) is 6.04 Å². The van der Waals surface area contributed by atoms with Crippen molar-refractivity contribution in [1.29, 1.82) is 0 Å². The topological polar surface area (TPSA) is 33.5 Å². The normalized spacial score (nSPS) is 16.1. The van der Waals surface area contributed by atoms with Crippen LogP contribution in [0.2, 0.25) is 0 Å². The predicted molar refractivity (Wildman–Crippen MR) is 108 cm³/mol. The van der Waals surface area contributed by atoms with Crippen LogP contribution in [0.3, 0.4) is 0 Å². The smallest absolute Gasteiger partial charge is 0.251 e. The summed E-state index contributed by atoms with van der Waals surface area (Å²) in [4.78, 5) is 13.8. The lowest BCUT2D eigenvalue weighted by Gasteiger charge is -2.22. The third kappa shape index (κ3) is 4.81. The fraction of sp³-hybridized carbons (Fsp3) is 0.350. The Balaban J connectivity index is 1.61. The van der Waals surface area contributed by atoms with Gasteiger partial charge in [0.05, 0.1) is 25.2 Å². The van der Waals surface area contributed by atoms with Crippen LogP contribution in [-0.4, -0.2) is 38.1 Å². The minimum absolute atomic E-state index is 0.000425. The van der Waals surface area contributed by atoms with Crippen molar-refractivity contribution in [1.82, 2.24) is 5.32 Å². The largest absolute Gasteiger partial charge is 0.346 e. The Morgan fingerprint density at radius 3 is 2.32 bits per heavy atom. The lowest BCUT2D eigenvalue weighted by Crippen LogP contribution is -3.07. The van der Waals surface area contributed by atoms with Gasteiger partial charge in [-0.15, -0.1) is 23.5 Å². The zero-order chi connectivity index (χ0) is 17.6. The molecule has 25 heavy (non-hydrogen) atoms. The Labute approximate surface area is 158 Å². The highest BCUT2D eigenvalue weighted by Crippen LogP contribution is 2.45. The van der Waals surface area contributed by atoms with Gasteiger partial charge in [-0.3, -0.25) is 4.79 Å². The molecule has 0 bridgehead atoms. The molecule has 2 aromatic carbocycles. The molecule has 1 saturated heterocycles. The van der Waals surface area contributed by atoms with Gasteiger partial charge in [0.15, 0.2) is 0 Å². The molecule has 0 radical (unpaired) electrons. The summed E-state index contributed by atoms with van der Waals surface area (Å²) in [5.74, 6) is 2.43. The third-order valence-corrected chi connectivity index (χ3v) is 7.54. The maximum atomic E-state index is 12.5. The first-order valence-electron chi connectivity index (χ1n) is 8.61. The van der Waals surface area contributed by atoms with Gasteiger partial charge in [-0.2, -0.15) is 0 Å². The lowest BCUT2D eigenvalue weighted by atomic mass is 10.1. The van der Waals surface area contributed by atoms with Crippen LogP contribution in [0.4, 0.5) is 0 Å². The minimum Gasteiger partial charge on any atom is -0.346 e. The number of nitrogens with one attached hydrogen (secondary N) is 2. The van der Waals surface area contributed by atoms with Crippen LogP contribution in [0.5, 0.6) is 0 Å². The van der Waals surface area contributed by atoms with E-state index >= 15 is 0 Å². The molecule has 1 fully saturated rings. The Morgan fingerprint density at radius 1 is 1.08 bits per heavy atom. The number of carbonyl (C=O) groups excluding carboxylic acids is 1. The highest BCUT2D eigenvalue weighted by Gasteiger charge is 2.20. The molecule has 3 rings (SSSR count). The van der Waals surface area contributed by atoms with Gasteiger partial charge in [0.2, 0.25) is 0 Å². The first-order valence-corrected chi connectivity index (χ1v) is 10.7. The molecule has 0 aliphatic carbocycles. The predicted octanol–water partition coefficient (Wildman–Crippen LogP) is 2.78. The molecule has 0 aromatic heterocycles. The van der Waals surface area contributed by atoms with Crippen LogP contribution >= 0.6 is 23.5 Å². The van der Waals surface area contributed by atoms with Crippen molar-refractivity contribution in [2.45, 2.75) is 10.6 Å². The van der Waals surface area contributed by atoms with Crippen LogP contribution in [-0.2, 0) is 0 Å². The van der Waals surface area contributed by atoms with Gasteiger partial charge in [0.25, 0.3) is 5.91 Å². The Bertz CT molecular complexity index is 683. The molecule has 3 nitrogen and oxygen atoms in total. The summed E-state index contributed by atoms with van der Waals surface area (Å²) in [7, 11) is 4.24. The van der Waals surface area contributed by atoms with Crippen LogP contribution in [0.25, 0.3) is 0 Å². The van der Waals surface area contributed by atoms with E-state index in [0.29, 0.717) is 11.1 Å². The minimum atomic E-state index is 0.000425. The van der Waals surface area contributed by atoms with E-state index in [2.05, 4.69) is 43.7 Å². The second-order valence-electron chi connectivity index (χ2n) is 6.45. The number of quaternary nitrogens is 1. The van der Waals surface area contributed by atoms with E-state index in [-0.39, 0.29) is 11.9 Å². The van der Waals surface area contributed by atoms with E-state index in [1.54, 1.807) is 0 Å². The Hall–Kier alpha value is -1.43. The zero-order valence-corrected chi connectivity index (χ0v) is 16.3. The van der Waals surface area contributed by atoms with Crippen molar-refractivity contribution >= 4 is 29.4 Å². The van der Waals surface area contributed by atoms with Crippen molar-refractivity contribution in [3.63, 3.8) is 0 Å². The summed E-state index contributed by atoms with van der Waals surface area (Å²) in [6, 6.07) is 18.7. The molecule has 1 aliphatic heterocycles. The standard InChI is InChI=1S/C20H24N2OS2/c1-22(2)18(15-6-4-3-5-7-15)14-21-19(23)16-8-10-17(11-9-16)20-24-12-13-25-20/h3-11,18,20H,12-14H2,1-2H3,(H,21,23)/p+1/t18-/m0/s1. The van der Waals surface area contributed by atoms with Crippen molar-refractivity contribution in [3.8, 4) is 0 Å². The van der Waals surface area contributed by atoms with Gasteiger partial charge < -0.3 is 10.2 Å². The molecule has 2 aromatic rings. The van der Waals surface area contributed by atoms with E-state index in [4.69, 9.17) is 0 Å². The summed E-state index contributed by atoms with van der Waals surface area (Å²) in [6.07, 6.45) is 0. The molecule has 0 saturated carbocycles. The number of hydrogen-bond donors (Lipinski definition) is 2. The number of hydrogen-bond acceptors (Lipinski definition) is 3. The Kier molecular flexibility index (Phi) is 6.45. The molecule has 1 aliphatic rings. The fourth-order valence-electron chi connectivity index (χ4n) is 2.98. The van der Waals surface area contributed by atoms with Crippen molar-refractivity contribution in [2.75, 3.05) is 32.1 Å². The molecule has 0 spiro atoms. The van der Waals surface area contributed by atoms with Gasteiger partial charge in [0, 0.05) is 22.6 Å². The van der Waals surface area contributed by atoms with Gasteiger partial charge in [-0.1, -0.05) is 42.5 Å². The van der Waals surface area contributed by atoms with Crippen LogP contribution in [0.15, 0.2) is 54.6 Å². The molecule has 5 heteroatoms. The first-order chi connectivity index (χ1) is 12.1. The highest BCUT2D eigenvalue weighted by molar-refractivity contribution is 8.19. The number of thioether (sulfide) groups is 2. The van der Waals surface area contributed by atoms with Crippen molar-refractivity contribution in [2.24, 2.45) is 0 Å². The van der Waals surface area contributed by atoms with Gasteiger partial charge in [-0.25, -0.2) is 0 Å².